The van der Waals surface area contributed by atoms with Crippen molar-refractivity contribution in [3.8, 4) is 6.01 Å². The van der Waals surface area contributed by atoms with Crippen LogP contribution in [0.3, 0.4) is 0 Å². The normalized spacial score (nSPS) is 24.3. The van der Waals surface area contributed by atoms with Gasteiger partial charge in [-0.1, -0.05) is 25.0 Å². The summed E-state index contributed by atoms with van der Waals surface area (Å²) in [7, 11) is 1.99. The van der Waals surface area contributed by atoms with Crippen molar-refractivity contribution in [2.24, 2.45) is 12.8 Å². The summed E-state index contributed by atoms with van der Waals surface area (Å²) in [5.74, 6) is 0. The molecule has 1 aromatic carbocycles. The lowest BCUT2D eigenvalue weighted by atomic mass is 10.1. The van der Waals surface area contributed by atoms with Crippen molar-refractivity contribution < 1.29 is 4.74 Å². The molecular formula is C15H21N3O. The van der Waals surface area contributed by atoms with Crippen LogP contribution in [-0.4, -0.2) is 21.7 Å². The second kappa shape index (κ2) is 5.21. The van der Waals surface area contributed by atoms with Crippen molar-refractivity contribution in [3.05, 3.63) is 24.3 Å². The van der Waals surface area contributed by atoms with E-state index in [1.807, 2.05) is 29.8 Å². The number of benzene rings is 1. The molecule has 1 aliphatic rings. The predicted molar refractivity (Wildman–Crippen MR) is 76.2 cm³/mol. The minimum Gasteiger partial charge on any atom is -0.460 e. The third-order valence-corrected chi connectivity index (χ3v) is 4.01. The van der Waals surface area contributed by atoms with Crippen LogP contribution in [0.2, 0.25) is 0 Å². The Morgan fingerprint density at radius 3 is 2.84 bits per heavy atom. The highest BCUT2D eigenvalue weighted by Gasteiger charge is 2.23. The van der Waals surface area contributed by atoms with Gasteiger partial charge in [0.15, 0.2) is 0 Å². The molecule has 0 amide bonds. The average molecular weight is 259 g/mol. The third kappa shape index (κ3) is 2.45. The molecule has 0 aliphatic heterocycles. The van der Waals surface area contributed by atoms with E-state index in [-0.39, 0.29) is 12.1 Å². The van der Waals surface area contributed by atoms with Crippen LogP contribution in [0, 0.1) is 0 Å². The molecule has 4 heteroatoms. The summed E-state index contributed by atoms with van der Waals surface area (Å²) in [6, 6.07) is 8.89. The fourth-order valence-corrected chi connectivity index (χ4v) is 2.81. The first-order chi connectivity index (χ1) is 9.25. The third-order valence-electron chi connectivity index (χ3n) is 4.01. The van der Waals surface area contributed by atoms with E-state index in [1.54, 1.807) is 0 Å². The number of nitrogens with two attached hydrogens (primary N) is 1. The summed E-state index contributed by atoms with van der Waals surface area (Å²) in [5, 5.41) is 0. The summed E-state index contributed by atoms with van der Waals surface area (Å²) in [6.07, 6.45) is 5.85. The topological polar surface area (TPSA) is 53.1 Å². The Morgan fingerprint density at radius 1 is 1.21 bits per heavy atom. The first-order valence-electron chi connectivity index (χ1n) is 7.09. The van der Waals surface area contributed by atoms with E-state index in [1.165, 1.54) is 19.3 Å². The molecule has 0 spiro atoms. The summed E-state index contributed by atoms with van der Waals surface area (Å²) in [5.41, 5.74) is 8.28. The number of rotatable bonds is 2. The predicted octanol–water partition coefficient (Wildman–Crippen LogP) is 2.61. The van der Waals surface area contributed by atoms with Crippen molar-refractivity contribution in [3.63, 3.8) is 0 Å². The molecular weight excluding hydrogens is 238 g/mol. The molecule has 4 nitrogen and oxygen atoms in total. The molecule has 0 saturated heterocycles. The van der Waals surface area contributed by atoms with Gasteiger partial charge in [0, 0.05) is 13.1 Å². The Labute approximate surface area is 113 Å². The van der Waals surface area contributed by atoms with Crippen LogP contribution >= 0.6 is 0 Å². The summed E-state index contributed by atoms with van der Waals surface area (Å²) >= 11 is 0. The van der Waals surface area contributed by atoms with Gasteiger partial charge in [0.2, 0.25) is 0 Å². The SMILES string of the molecule is Cn1c(OC2CCCCCC2N)nc2ccccc21. The van der Waals surface area contributed by atoms with Crippen molar-refractivity contribution in [2.75, 3.05) is 0 Å². The number of hydrogen-bond donors (Lipinski definition) is 1. The number of ether oxygens (including phenoxy) is 1. The zero-order valence-corrected chi connectivity index (χ0v) is 11.4. The molecule has 2 aromatic rings. The standard InChI is InChI=1S/C15H21N3O/c1-18-13-9-6-5-8-12(13)17-15(18)19-14-10-4-2-3-7-11(14)16/h5-6,8-9,11,14H,2-4,7,10,16H2,1H3. The van der Waals surface area contributed by atoms with Gasteiger partial charge in [-0.3, -0.25) is 4.57 Å². The van der Waals surface area contributed by atoms with E-state index in [0.717, 1.165) is 23.9 Å². The Hall–Kier alpha value is -1.55. The molecule has 1 aliphatic carbocycles. The van der Waals surface area contributed by atoms with Crippen LogP contribution in [0.4, 0.5) is 0 Å². The monoisotopic (exact) mass is 259 g/mol. The van der Waals surface area contributed by atoms with Crippen LogP contribution in [-0.2, 0) is 7.05 Å². The van der Waals surface area contributed by atoms with E-state index in [9.17, 15) is 0 Å². The molecule has 2 unspecified atom stereocenters. The fraction of sp³-hybridized carbons (Fsp3) is 0.533. The molecule has 3 rings (SSSR count). The highest BCUT2D eigenvalue weighted by Crippen LogP contribution is 2.24. The maximum absolute atomic E-state index is 6.21. The maximum atomic E-state index is 6.21. The van der Waals surface area contributed by atoms with Crippen LogP contribution in [0.1, 0.15) is 32.1 Å². The molecule has 1 aromatic heterocycles. The smallest absolute Gasteiger partial charge is 0.297 e. The summed E-state index contributed by atoms with van der Waals surface area (Å²) in [6.45, 7) is 0. The zero-order chi connectivity index (χ0) is 13.2. The quantitative estimate of drug-likeness (QED) is 0.843. The molecule has 1 saturated carbocycles. The Balaban J connectivity index is 1.86. The van der Waals surface area contributed by atoms with Crippen molar-refractivity contribution in [1.29, 1.82) is 0 Å². The molecule has 0 bridgehead atoms. The second-order valence-electron chi connectivity index (χ2n) is 5.40. The molecule has 19 heavy (non-hydrogen) atoms. The van der Waals surface area contributed by atoms with Gasteiger partial charge in [-0.2, -0.15) is 4.98 Å². The number of imidazole rings is 1. The van der Waals surface area contributed by atoms with Gasteiger partial charge >= 0.3 is 0 Å². The molecule has 1 fully saturated rings. The lowest BCUT2D eigenvalue weighted by molar-refractivity contribution is 0.145. The first-order valence-corrected chi connectivity index (χ1v) is 7.09. The minimum absolute atomic E-state index is 0.0954. The number of aryl methyl sites for hydroxylation is 1. The summed E-state index contributed by atoms with van der Waals surface area (Å²) in [4.78, 5) is 4.56. The zero-order valence-electron chi connectivity index (χ0n) is 11.4. The number of nitrogens with zero attached hydrogens (tertiary/aromatic N) is 2. The van der Waals surface area contributed by atoms with Crippen LogP contribution < -0.4 is 10.5 Å². The van der Waals surface area contributed by atoms with E-state index in [4.69, 9.17) is 10.5 Å². The van der Waals surface area contributed by atoms with Gasteiger partial charge in [0.1, 0.15) is 6.10 Å². The highest BCUT2D eigenvalue weighted by molar-refractivity contribution is 5.76. The van der Waals surface area contributed by atoms with Gasteiger partial charge in [-0.25, -0.2) is 0 Å². The van der Waals surface area contributed by atoms with Crippen LogP contribution in [0.15, 0.2) is 24.3 Å². The lowest BCUT2D eigenvalue weighted by Gasteiger charge is -2.22. The lowest BCUT2D eigenvalue weighted by Crippen LogP contribution is -2.38. The van der Waals surface area contributed by atoms with Gasteiger partial charge in [0.05, 0.1) is 11.0 Å². The van der Waals surface area contributed by atoms with Crippen molar-refractivity contribution >= 4 is 11.0 Å². The number of aromatic nitrogens is 2. The summed E-state index contributed by atoms with van der Waals surface area (Å²) < 4.78 is 8.10. The average Bonchev–Trinajstić information content (AvgIpc) is 2.59. The number of fused-ring (bicyclic) bond motifs is 1. The molecule has 102 valence electrons. The molecule has 2 atom stereocenters. The van der Waals surface area contributed by atoms with Crippen LogP contribution in [0.25, 0.3) is 11.0 Å². The second-order valence-corrected chi connectivity index (χ2v) is 5.40. The minimum atomic E-state index is 0.0954. The van der Waals surface area contributed by atoms with Crippen LogP contribution in [0.5, 0.6) is 6.01 Å². The number of hydrogen-bond acceptors (Lipinski definition) is 3. The highest BCUT2D eigenvalue weighted by atomic mass is 16.5. The first kappa shape index (κ1) is 12.5. The Bertz CT molecular complexity index is 564. The Kier molecular flexibility index (Phi) is 3.42. The largest absolute Gasteiger partial charge is 0.460 e. The van der Waals surface area contributed by atoms with Gasteiger partial charge < -0.3 is 10.5 Å². The van der Waals surface area contributed by atoms with Gasteiger partial charge in [-0.15, -0.1) is 0 Å². The van der Waals surface area contributed by atoms with Crippen molar-refractivity contribution in [1.82, 2.24) is 9.55 Å². The number of para-hydroxylation sites is 2. The van der Waals surface area contributed by atoms with Crippen molar-refractivity contribution in [2.45, 2.75) is 44.2 Å². The maximum Gasteiger partial charge on any atom is 0.297 e. The van der Waals surface area contributed by atoms with Gasteiger partial charge in [0.25, 0.3) is 6.01 Å². The van der Waals surface area contributed by atoms with E-state index < -0.39 is 0 Å². The molecule has 0 radical (unpaired) electrons. The van der Waals surface area contributed by atoms with E-state index in [0.29, 0.717) is 6.01 Å². The fourth-order valence-electron chi connectivity index (χ4n) is 2.81. The molecule has 2 N–H and O–H groups in total. The van der Waals surface area contributed by atoms with E-state index >= 15 is 0 Å². The molecule has 1 heterocycles. The Morgan fingerprint density at radius 2 is 2.00 bits per heavy atom. The van der Waals surface area contributed by atoms with E-state index in [2.05, 4.69) is 11.1 Å². The van der Waals surface area contributed by atoms with Gasteiger partial charge in [-0.05, 0) is 31.4 Å².